The Morgan fingerprint density at radius 3 is 2.15 bits per heavy atom. The van der Waals surface area contributed by atoms with Gasteiger partial charge < -0.3 is 24.3 Å². The number of nitrogens with one attached hydrogen (secondary N) is 1. The molecule has 146 valence electrons. The van der Waals surface area contributed by atoms with Crippen molar-refractivity contribution in [1.29, 1.82) is 0 Å². The largest absolute Gasteiger partial charge is 0.497 e. The minimum Gasteiger partial charge on any atom is -0.497 e. The Bertz CT molecular complexity index is 785. The lowest BCUT2D eigenvalue weighted by molar-refractivity contribution is 0.102. The van der Waals surface area contributed by atoms with E-state index < -0.39 is 0 Å². The monoisotopic (exact) mass is 393 g/mol. The summed E-state index contributed by atoms with van der Waals surface area (Å²) in [7, 11) is 4.59. The number of ether oxygens (including phenoxy) is 4. The van der Waals surface area contributed by atoms with Gasteiger partial charge in [-0.2, -0.15) is 0 Å². The summed E-state index contributed by atoms with van der Waals surface area (Å²) in [4.78, 5) is 12.7. The first-order valence-corrected chi connectivity index (χ1v) is 8.80. The van der Waals surface area contributed by atoms with Crippen LogP contribution in [-0.4, -0.2) is 33.8 Å². The van der Waals surface area contributed by atoms with Gasteiger partial charge in [0.05, 0.1) is 33.0 Å². The molecule has 0 aliphatic rings. The summed E-state index contributed by atoms with van der Waals surface area (Å²) in [5.74, 6) is 1.94. The number of anilines is 1. The molecule has 0 bridgehead atoms. The Hall–Kier alpha value is -2.60. The maximum Gasteiger partial charge on any atom is 0.255 e. The van der Waals surface area contributed by atoms with Crippen LogP contribution in [0.2, 0.25) is 5.02 Å². The molecule has 2 aromatic carbocycles. The van der Waals surface area contributed by atoms with Crippen LogP contribution in [-0.2, 0) is 0 Å². The number of rotatable bonds is 8. The van der Waals surface area contributed by atoms with Crippen molar-refractivity contribution in [1.82, 2.24) is 0 Å². The Balaban J connectivity index is 2.27. The van der Waals surface area contributed by atoms with E-state index in [0.29, 0.717) is 51.8 Å². The summed E-state index contributed by atoms with van der Waals surface area (Å²) in [6, 6.07) is 8.25. The van der Waals surface area contributed by atoms with Gasteiger partial charge in [0.25, 0.3) is 5.91 Å². The molecule has 0 aliphatic heterocycles. The van der Waals surface area contributed by atoms with Crippen LogP contribution in [0, 0.1) is 5.92 Å². The Labute approximate surface area is 164 Å². The molecule has 0 saturated heterocycles. The molecule has 1 N–H and O–H groups in total. The third-order valence-corrected chi connectivity index (χ3v) is 3.94. The molecule has 0 radical (unpaired) electrons. The molecule has 7 heteroatoms. The maximum absolute atomic E-state index is 12.7. The van der Waals surface area contributed by atoms with E-state index in [-0.39, 0.29) is 5.91 Å². The third-order valence-electron chi connectivity index (χ3n) is 3.66. The minimum atomic E-state index is -0.346. The van der Waals surface area contributed by atoms with E-state index in [1.54, 1.807) is 44.6 Å². The SMILES string of the molecule is COc1cc(NC(=O)c2cc(Cl)c(OCC(C)C)c(OC)c2)cc(OC)c1. The molecule has 27 heavy (non-hydrogen) atoms. The summed E-state index contributed by atoms with van der Waals surface area (Å²) < 4.78 is 21.5. The standard InChI is InChI=1S/C20H24ClNO5/c1-12(2)11-27-19-17(21)6-13(7-18(19)26-5)20(23)22-14-8-15(24-3)10-16(9-14)25-4/h6-10,12H,11H2,1-5H3,(H,22,23). The zero-order chi connectivity index (χ0) is 20.0. The van der Waals surface area contributed by atoms with Gasteiger partial charge in [0, 0.05) is 29.4 Å². The normalized spacial score (nSPS) is 10.5. The molecule has 2 rings (SSSR count). The van der Waals surface area contributed by atoms with Crippen molar-refractivity contribution in [3.05, 3.63) is 40.9 Å². The van der Waals surface area contributed by atoms with Crippen molar-refractivity contribution in [3.8, 4) is 23.0 Å². The number of methoxy groups -OCH3 is 3. The summed E-state index contributed by atoms with van der Waals surface area (Å²) in [6.07, 6.45) is 0. The number of carbonyl (C=O) groups is 1. The van der Waals surface area contributed by atoms with Gasteiger partial charge in [0.1, 0.15) is 11.5 Å². The van der Waals surface area contributed by atoms with Crippen LogP contribution in [0.3, 0.4) is 0 Å². The first-order chi connectivity index (χ1) is 12.9. The van der Waals surface area contributed by atoms with E-state index in [1.807, 2.05) is 13.8 Å². The van der Waals surface area contributed by atoms with Gasteiger partial charge in [-0.1, -0.05) is 25.4 Å². The van der Waals surface area contributed by atoms with Crippen molar-refractivity contribution in [2.45, 2.75) is 13.8 Å². The van der Waals surface area contributed by atoms with Crippen molar-refractivity contribution in [3.63, 3.8) is 0 Å². The number of carbonyl (C=O) groups excluding carboxylic acids is 1. The molecular weight excluding hydrogens is 370 g/mol. The lowest BCUT2D eigenvalue weighted by Crippen LogP contribution is -2.13. The van der Waals surface area contributed by atoms with Gasteiger partial charge in [-0.15, -0.1) is 0 Å². The smallest absolute Gasteiger partial charge is 0.255 e. The molecule has 0 aromatic heterocycles. The highest BCUT2D eigenvalue weighted by Crippen LogP contribution is 2.37. The van der Waals surface area contributed by atoms with Crippen LogP contribution in [0.4, 0.5) is 5.69 Å². The highest BCUT2D eigenvalue weighted by Gasteiger charge is 2.17. The quantitative estimate of drug-likeness (QED) is 0.706. The lowest BCUT2D eigenvalue weighted by Gasteiger charge is -2.15. The molecular formula is C20H24ClNO5. The average molecular weight is 394 g/mol. The van der Waals surface area contributed by atoms with Gasteiger partial charge >= 0.3 is 0 Å². The fourth-order valence-corrected chi connectivity index (χ4v) is 2.59. The lowest BCUT2D eigenvalue weighted by atomic mass is 10.1. The number of hydrogen-bond acceptors (Lipinski definition) is 5. The van der Waals surface area contributed by atoms with Gasteiger partial charge in [-0.05, 0) is 18.1 Å². The van der Waals surface area contributed by atoms with E-state index in [4.69, 9.17) is 30.5 Å². The number of amides is 1. The number of benzene rings is 2. The van der Waals surface area contributed by atoms with Crippen molar-refractivity contribution < 1.29 is 23.7 Å². The van der Waals surface area contributed by atoms with Crippen LogP contribution >= 0.6 is 11.6 Å². The Kier molecular flexibility index (Phi) is 7.19. The molecule has 0 heterocycles. The van der Waals surface area contributed by atoms with Crippen LogP contribution < -0.4 is 24.3 Å². The van der Waals surface area contributed by atoms with E-state index in [0.717, 1.165) is 0 Å². The van der Waals surface area contributed by atoms with Crippen molar-refractivity contribution in [2.24, 2.45) is 5.92 Å². The van der Waals surface area contributed by atoms with Gasteiger partial charge in [0.15, 0.2) is 11.5 Å². The highest BCUT2D eigenvalue weighted by molar-refractivity contribution is 6.32. The van der Waals surface area contributed by atoms with Crippen LogP contribution in [0.1, 0.15) is 24.2 Å². The van der Waals surface area contributed by atoms with Crippen molar-refractivity contribution >= 4 is 23.2 Å². The number of halogens is 1. The summed E-state index contributed by atoms with van der Waals surface area (Å²) in [6.45, 7) is 4.56. The summed E-state index contributed by atoms with van der Waals surface area (Å²) >= 11 is 6.31. The van der Waals surface area contributed by atoms with E-state index in [1.165, 1.54) is 7.11 Å². The number of hydrogen-bond donors (Lipinski definition) is 1. The zero-order valence-electron chi connectivity index (χ0n) is 16.1. The Morgan fingerprint density at radius 1 is 1.00 bits per heavy atom. The summed E-state index contributed by atoms with van der Waals surface area (Å²) in [5, 5.41) is 3.11. The highest BCUT2D eigenvalue weighted by atomic mass is 35.5. The predicted octanol–water partition coefficient (Wildman–Crippen LogP) is 4.65. The average Bonchev–Trinajstić information content (AvgIpc) is 2.65. The Morgan fingerprint density at radius 2 is 1.63 bits per heavy atom. The molecule has 1 amide bonds. The van der Waals surface area contributed by atoms with Crippen LogP contribution in [0.15, 0.2) is 30.3 Å². The molecule has 0 atom stereocenters. The first kappa shape index (κ1) is 20.7. The second-order valence-electron chi connectivity index (χ2n) is 6.25. The predicted molar refractivity (Wildman–Crippen MR) is 106 cm³/mol. The minimum absolute atomic E-state index is 0.309. The molecule has 6 nitrogen and oxygen atoms in total. The van der Waals surface area contributed by atoms with Crippen molar-refractivity contribution in [2.75, 3.05) is 33.3 Å². The van der Waals surface area contributed by atoms with E-state index in [2.05, 4.69) is 5.32 Å². The zero-order valence-corrected chi connectivity index (χ0v) is 16.8. The molecule has 0 spiro atoms. The molecule has 0 aliphatic carbocycles. The van der Waals surface area contributed by atoms with E-state index in [9.17, 15) is 4.79 Å². The van der Waals surface area contributed by atoms with Crippen LogP contribution in [0.25, 0.3) is 0 Å². The van der Waals surface area contributed by atoms with Gasteiger partial charge in [-0.25, -0.2) is 0 Å². The topological polar surface area (TPSA) is 66.0 Å². The fourth-order valence-electron chi connectivity index (χ4n) is 2.32. The van der Waals surface area contributed by atoms with Gasteiger partial charge in [0.2, 0.25) is 0 Å². The van der Waals surface area contributed by atoms with E-state index >= 15 is 0 Å². The molecule has 0 unspecified atom stereocenters. The second kappa shape index (κ2) is 9.37. The first-order valence-electron chi connectivity index (χ1n) is 8.42. The summed E-state index contributed by atoms with van der Waals surface area (Å²) in [5.41, 5.74) is 0.877. The van der Waals surface area contributed by atoms with Gasteiger partial charge in [-0.3, -0.25) is 4.79 Å². The molecule has 2 aromatic rings. The third kappa shape index (κ3) is 5.44. The second-order valence-corrected chi connectivity index (χ2v) is 6.66. The molecule has 0 saturated carbocycles. The maximum atomic E-state index is 12.7. The molecule has 0 fully saturated rings. The van der Waals surface area contributed by atoms with Crippen LogP contribution in [0.5, 0.6) is 23.0 Å². The fraction of sp³-hybridized carbons (Fsp3) is 0.350.